The maximum Gasteiger partial charge on any atom is 0.263 e. The van der Waals surface area contributed by atoms with E-state index in [0.717, 1.165) is 30.3 Å². The number of hydrogen-bond donors (Lipinski definition) is 2. The quantitative estimate of drug-likeness (QED) is 0.281. The minimum absolute atomic E-state index is 0.0628. The molecule has 0 bridgehead atoms. The largest absolute Gasteiger partial charge is 0.397 e. The Morgan fingerprint density at radius 2 is 1.29 bits per heavy atom. The van der Waals surface area contributed by atoms with E-state index < -0.39 is 22.0 Å². The lowest BCUT2D eigenvalue weighted by molar-refractivity contribution is 0.384. The van der Waals surface area contributed by atoms with E-state index in [1.807, 2.05) is 6.92 Å². The fourth-order valence-corrected chi connectivity index (χ4v) is 4.56. The molecular formula is C24H25N3O4. The Balaban J connectivity index is 2.12. The van der Waals surface area contributed by atoms with Gasteiger partial charge in [-0.15, -0.1) is 0 Å². The van der Waals surface area contributed by atoms with Crippen LogP contribution < -0.4 is 33.4 Å². The van der Waals surface area contributed by atoms with Gasteiger partial charge in [0.05, 0.1) is 32.9 Å². The van der Waals surface area contributed by atoms with Crippen LogP contribution in [0.15, 0.2) is 43.4 Å². The molecule has 0 aliphatic carbocycles. The summed E-state index contributed by atoms with van der Waals surface area (Å²) in [4.78, 5) is 52.7. The van der Waals surface area contributed by atoms with Gasteiger partial charge in [-0.25, -0.2) is 0 Å². The molecule has 0 amide bonds. The Labute approximate surface area is 177 Å². The highest BCUT2D eigenvalue weighted by molar-refractivity contribution is 6.20. The predicted molar refractivity (Wildman–Crippen MR) is 127 cm³/mol. The Kier molecular flexibility index (Phi) is 5.13. The number of nitrogens with zero attached hydrogens (tertiary/aromatic N) is 1. The molecule has 1 atom stereocenters. The van der Waals surface area contributed by atoms with E-state index in [1.54, 1.807) is 24.3 Å². The van der Waals surface area contributed by atoms with Crippen LogP contribution in [0.2, 0.25) is 0 Å². The molecule has 1 heterocycles. The zero-order valence-electron chi connectivity index (χ0n) is 17.7. The summed E-state index contributed by atoms with van der Waals surface area (Å²) in [6.45, 7) is 4.37. The van der Waals surface area contributed by atoms with Crippen molar-refractivity contribution >= 4 is 43.7 Å². The minimum atomic E-state index is -0.555. The highest BCUT2D eigenvalue weighted by Gasteiger charge is 2.26. The van der Waals surface area contributed by atoms with Gasteiger partial charge in [-0.05, 0) is 12.3 Å². The third-order valence-corrected chi connectivity index (χ3v) is 6.35. The summed E-state index contributed by atoms with van der Waals surface area (Å²) in [6, 6.07) is 6.39. The fourth-order valence-electron chi connectivity index (χ4n) is 4.56. The zero-order chi connectivity index (χ0) is 22.4. The van der Waals surface area contributed by atoms with Gasteiger partial charge in [0.1, 0.15) is 0 Å². The molecule has 3 aromatic carbocycles. The number of unbranched alkanes of at least 4 members (excludes halogenated alkanes) is 1. The average molecular weight is 419 g/mol. The Morgan fingerprint density at radius 1 is 0.806 bits per heavy atom. The molecule has 1 aromatic heterocycles. The molecule has 0 radical (unpaired) electrons. The first-order valence-corrected chi connectivity index (χ1v) is 10.6. The molecule has 4 rings (SSSR count). The van der Waals surface area contributed by atoms with Gasteiger partial charge < -0.3 is 11.5 Å². The molecule has 0 saturated carbocycles. The van der Waals surface area contributed by atoms with E-state index >= 15 is 0 Å². The number of nitrogen functional groups attached to an aromatic ring is 2. The molecule has 0 spiro atoms. The van der Waals surface area contributed by atoms with Crippen molar-refractivity contribution in [3.05, 3.63) is 65.4 Å². The van der Waals surface area contributed by atoms with Crippen LogP contribution in [0.5, 0.6) is 0 Å². The number of aromatic nitrogens is 1. The van der Waals surface area contributed by atoms with Gasteiger partial charge in [-0.3, -0.25) is 23.7 Å². The van der Waals surface area contributed by atoms with Crippen molar-refractivity contribution in [3.8, 4) is 0 Å². The average Bonchev–Trinajstić information content (AvgIpc) is 3.02. The molecule has 0 fully saturated rings. The first-order valence-electron chi connectivity index (χ1n) is 10.6. The summed E-state index contributed by atoms with van der Waals surface area (Å²) in [6.07, 6.45) is 3.74. The molecule has 31 heavy (non-hydrogen) atoms. The van der Waals surface area contributed by atoms with Crippen LogP contribution in [-0.4, -0.2) is 4.57 Å². The van der Waals surface area contributed by atoms with E-state index in [9.17, 15) is 19.2 Å². The van der Waals surface area contributed by atoms with Gasteiger partial charge in [0.15, 0.2) is 10.9 Å². The lowest BCUT2D eigenvalue weighted by Crippen LogP contribution is -2.29. The number of rotatable bonds is 6. The molecule has 0 aliphatic rings. The summed E-state index contributed by atoms with van der Waals surface area (Å²) < 4.78 is 1.16. The van der Waals surface area contributed by atoms with Gasteiger partial charge in [0, 0.05) is 17.3 Å². The monoisotopic (exact) mass is 419 g/mol. The number of hydrogen-bond acceptors (Lipinski definition) is 6. The van der Waals surface area contributed by atoms with Crippen LogP contribution in [0, 0.1) is 5.92 Å². The molecule has 7 heteroatoms. The molecule has 4 N–H and O–H groups in total. The number of anilines is 2. The normalized spacial score (nSPS) is 12.8. The standard InChI is InChI=1S/C24H25N3O4/c1-3-5-8-12(4-2)11-27-23(30)17-18(24(27)31)20(26)16-15(19(17)25)21(28)13-9-6-7-10-14(13)22(16)29/h6-7,9-10,12H,3-5,8,11,25-26H2,1-2H3. The molecule has 0 aliphatic heterocycles. The SMILES string of the molecule is CCCCC(CC)Cn1c(=O)c2c(N)c3c(=O)c4ccccc4c(=O)c3c(N)c2c1=O. The van der Waals surface area contributed by atoms with Crippen molar-refractivity contribution < 1.29 is 0 Å². The fraction of sp³-hybridized carbons (Fsp3) is 0.333. The van der Waals surface area contributed by atoms with Crippen LogP contribution in [0.1, 0.15) is 39.5 Å². The second kappa shape index (κ2) is 7.65. The van der Waals surface area contributed by atoms with Crippen molar-refractivity contribution in [1.29, 1.82) is 0 Å². The van der Waals surface area contributed by atoms with Crippen LogP contribution in [0.25, 0.3) is 32.3 Å². The minimum Gasteiger partial charge on any atom is -0.397 e. The van der Waals surface area contributed by atoms with Crippen molar-refractivity contribution in [1.82, 2.24) is 4.57 Å². The van der Waals surface area contributed by atoms with Crippen molar-refractivity contribution in [2.45, 2.75) is 46.1 Å². The second-order valence-electron chi connectivity index (χ2n) is 8.17. The lowest BCUT2D eigenvalue weighted by atomic mass is 9.97. The summed E-state index contributed by atoms with van der Waals surface area (Å²) in [7, 11) is 0. The van der Waals surface area contributed by atoms with Crippen LogP contribution in [0.4, 0.5) is 11.4 Å². The van der Waals surface area contributed by atoms with Gasteiger partial charge in [-0.2, -0.15) is 0 Å². The topological polar surface area (TPSA) is 125 Å². The highest BCUT2D eigenvalue weighted by Crippen LogP contribution is 2.31. The summed E-state index contributed by atoms with van der Waals surface area (Å²) in [5.74, 6) is 0.159. The van der Waals surface area contributed by atoms with E-state index in [4.69, 9.17) is 11.5 Å². The summed E-state index contributed by atoms with van der Waals surface area (Å²) in [5.41, 5.74) is 10.2. The smallest absolute Gasteiger partial charge is 0.263 e. The van der Waals surface area contributed by atoms with Crippen LogP contribution in [0.3, 0.4) is 0 Å². The maximum atomic E-state index is 13.2. The first-order chi connectivity index (χ1) is 14.8. The highest BCUT2D eigenvalue weighted by atomic mass is 16.2. The zero-order valence-corrected chi connectivity index (χ0v) is 17.7. The van der Waals surface area contributed by atoms with Crippen LogP contribution >= 0.6 is 0 Å². The molecular weight excluding hydrogens is 394 g/mol. The summed E-state index contributed by atoms with van der Waals surface area (Å²) >= 11 is 0. The van der Waals surface area contributed by atoms with E-state index in [2.05, 4.69) is 6.92 Å². The van der Waals surface area contributed by atoms with E-state index in [1.165, 1.54) is 0 Å². The van der Waals surface area contributed by atoms with E-state index in [-0.39, 0.29) is 56.2 Å². The van der Waals surface area contributed by atoms with Gasteiger partial charge in [-0.1, -0.05) is 57.4 Å². The Hall–Kier alpha value is -3.48. The van der Waals surface area contributed by atoms with Gasteiger partial charge in [0.2, 0.25) is 0 Å². The molecule has 4 aromatic rings. The van der Waals surface area contributed by atoms with Crippen molar-refractivity contribution in [3.63, 3.8) is 0 Å². The Bertz CT molecular complexity index is 1440. The molecule has 7 nitrogen and oxygen atoms in total. The molecule has 0 saturated heterocycles. The Morgan fingerprint density at radius 3 is 1.71 bits per heavy atom. The van der Waals surface area contributed by atoms with Gasteiger partial charge >= 0.3 is 0 Å². The number of benzene rings is 3. The third-order valence-electron chi connectivity index (χ3n) is 6.35. The van der Waals surface area contributed by atoms with E-state index in [0.29, 0.717) is 0 Å². The molecule has 1 unspecified atom stereocenters. The number of fused-ring (bicyclic) bond motifs is 3. The van der Waals surface area contributed by atoms with Crippen LogP contribution in [-0.2, 0) is 6.54 Å². The first kappa shape index (κ1) is 20.8. The predicted octanol–water partition coefficient (Wildman–Crippen LogP) is 2.64. The van der Waals surface area contributed by atoms with Gasteiger partial charge in [0.25, 0.3) is 11.1 Å². The lowest BCUT2D eigenvalue weighted by Gasteiger charge is -2.13. The second-order valence-corrected chi connectivity index (χ2v) is 8.17. The summed E-state index contributed by atoms with van der Waals surface area (Å²) in [5, 5.41) is 0.136. The third kappa shape index (κ3) is 2.95. The molecule has 160 valence electrons. The van der Waals surface area contributed by atoms with Crippen molar-refractivity contribution in [2.24, 2.45) is 5.92 Å². The number of nitrogens with two attached hydrogens (primary N) is 2. The maximum absolute atomic E-state index is 13.2. The van der Waals surface area contributed by atoms with Crippen molar-refractivity contribution in [2.75, 3.05) is 11.5 Å².